The van der Waals surface area contributed by atoms with Crippen LogP contribution < -0.4 is 9.30 Å². The van der Waals surface area contributed by atoms with Gasteiger partial charge in [-0.2, -0.15) is 0 Å². The van der Waals surface area contributed by atoms with Crippen LogP contribution in [0.3, 0.4) is 0 Å². The van der Waals surface area contributed by atoms with Crippen molar-refractivity contribution in [3.8, 4) is 62.1 Å². The number of hydrogen-bond donors (Lipinski definition) is 0. The molecule has 0 N–H and O–H groups in total. The summed E-state index contributed by atoms with van der Waals surface area (Å²) in [6, 6.07) is 42.2. The molecule has 0 aliphatic rings. The quantitative estimate of drug-likeness (QED) is 0.112. The van der Waals surface area contributed by atoms with Crippen molar-refractivity contribution < 1.29 is 28.5 Å². The molecule has 0 saturated carbocycles. The Balaban J connectivity index is 1.12. The van der Waals surface area contributed by atoms with Crippen LogP contribution in [-0.2, 0) is 16.2 Å². The SMILES string of the molecule is [2H]c1c([2H])c([2H])c(-c2cnc(-n3c4ccccc4c4ccc(Oc5cccc(-n6[c-][n+](-c7c(-c8cccc(C(C)(C)C)c8)cc(C(C)(C)C)cc7C(C)(C)C)c7ccc(-c8c(C([2H])([2H])[2H])cccc8C([2H])([2H])[2H])cc76)c5)cc43)cc2C([2H])([2H])[2H])c([2H])c1[2H]. The average Bonchev–Trinajstić information content (AvgIpc) is 1.54. The molecule has 0 radical (unpaired) electrons. The van der Waals surface area contributed by atoms with Crippen LogP contribution in [0.25, 0.3) is 83.4 Å². The van der Waals surface area contributed by atoms with E-state index in [2.05, 4.69) is 110 Å². The highest BCUT2D eigenvalue weighted by molar-refractivity contribution is 6.09. The molecule has 0 unspecified atom stereocenters. The number of rotatable bonds is 8. The van der Waals surface area contributed by atoms with Gasteiger partial charge in [-0.1, -0.05) is 184 Å². The molecule has 0 atom stereocenters. The lowest BCUT2D eigenvalue weighted by Crippen LogP contribution is -2.35. The minimum absolute atomic E-state index is 0.0884. The Bertz CT molecular complexity index is 4560. The summed E-state index contributed by atoms with van der Waals surface area (Å²) in [5.74, 6) is 1.04. The molecule has 0 saturated heterocycles. The number of aryl methyl sites for hydroxylation is 3. The second-order valence-corrected chi connectivity index (χ2v) is 22.2. The molecule has 368 valence electrons. The molecule has 0 spiro atoms. The molecule has 3 aromatic heterocycles. The minimum Gasteiger partial charge on any atom is -0.458 e. The minimum atomic E-state index is -2.80. The Labute approximate surface area is 457 Å². The number of aromatic nitrogens is 4. The second kappa shape index (κ2) is 18.2. The Hall–Kier alpha value is -8.02. The van der Waals surface area contributed by atoms with Gasteiger partial charge < -0.3 is 4.74 Å². The Kier molecular flexibility index (Phi) is 8.45. The lowest BCUT2D eigenvalue weighted by molar-refractivity contribution is -0.572. The van der Waals surface area contributed by atoms with Crippen molar-refractivity contribution in [3.05, 3.63) is 222 Å². The highest BCUT2D eigenvalue weighted by Gasteiger charge is 2.29. The van der Waals surface area contributed by atoms with Gasteiger partial charge in [0.05, 0.1) is 40.3 Å². The van der Waals surface area contributed by atoms with Crippen LogP contribution in [0.4, 0.5) is 0 Å². The summed E-state index contributed by atoms with van der Waals surface area (Å²) >= 11 is 0. The van der Waals surface area contributed by atoms with Gasteiger partial charge in [-0.3, -0.25) is 13.7 Å². The van der Waals surface area contributed by atoms with E-state index in [1.165, 1.54) is 30.5 Å². The fourth-order valence-corrected chi connectivity index (χ4v) is 9.97. The van der Waals surface area contributed by atoms with Crippen LogP contribution in [0.5, 0.6) is 11.5 Å². The number of fused-ring (bicyclic) bond motifs is 4. The summed E-state index contributed by atoms with van der Waals surface area (Å²) in [4.78, 5) is 4.74. The maximum Gasteiger partial charge on any atom is 0.269 e. The summed E-state index contributed by atoms with van der Waals surface area (Å²) in [5.41, 5.74) is 8.30. The van der Waals surface area contributed by atoms with E-state index in [9.17, 15) is 0 Å². The van der Waals surface area contributed by atoms with Gasteiger partial charge in [-0.15, -0.1) is 0 Å². The fourth-order valence-electron chi connectivity index (χ4n) is 9.97. The molecular weight excluding hydrogens is 901 g/mol. The lowest BCUT2D eigenvalue weighted by Gasteiger charge is -2.30. The molecule has 11 rings (SSSR count). The zero-order valence-electron chi connectivity index (χ0n) is 57.1. The number of nitrogens with zero attached hydrogens (tertiary/aromatic N) is 4. The number of benzene rings is 8. The monoisotopic (exact) mass is 981 g/mol. The van der Waals surface area contributed by atoms with E-state index >= 15 is 0 Å². The summed E-state index contributed by atoms with van der Waals surface area (Å²) in [5, 5.41) is 1.63. The average molecular weight is 981 g/mol. The molecule has 0 amide bonds. The van der Waals surface area contributed by atoms with Gasteiger partial charge in [0.25, 0.3) is 6.33 Å². The zero-order valence-corrected chi connectivity index (χ0v) is 43.1. The third-order valence-corrected chi connectivity index (χ3v) is 13.9. The van der Waals surface area contributed by atoms with Crippen molar-refractivity contribution in [3.63, 3.8) is 0 Å². The van der Waals surface area contributed by atoms with Crippen LogP contribution in [0.1, 0.15) is 115 Å². The van der Waals surface area contributed by atoms with Gasteiger partial charge in [-0.05, 0) is 147 Å². The van der Waals surface area contributed by atoms with E-state index < -0.39 is 56.2 Å². The maximum absolute atomic E-state index is 8.69. The number of para-hydroxylation sites is 1. The topological polar surface area (TPSA) is 35.9 Å². The molecule has 0 aliphatic heterocycles. The highest BCUT2D eigenvalue weighted by Crippen LogP contribution is 2.42. The van der Waals surface area contributed by atoms with Crippen molar-refractivity contribution in [2.24, 2.45) is 0 Å². The number of ether oxygens (including phenoxy) is 1. The fraction of sp³-hybridized carbons (Fsp3) is 0.217. The first-order valence-corrected chi connectivity index (χ1v) is 24.9. The molecule has 8 aromatic carbocycles. The van der Waals surface area contributed by atoms with Gasteiger partial charge in [0.1, 0.15) is 17.3 Å². The molecule has 0 bridgehead atoms. The van der Waals surface area contributed by atoms with E-state index in [0.717, 1.165) is 44.3 Å². The predicted molar refractivity (Wildman–Crippen MR) is 309 cm³/mol. The Morgan fingerprint density at radius 1 is 0.541 bits per heavy atom. The Morgan fingerprint density at radius 3 is 2.00 bits per heavy atom. The van der Waals surface area contributed by atoms with E-state index in [0.29, 0.717) is 44.8 Å². The molecule has 5 nitrogen and oxygen atoms in total. The first-order valence-electron chi connectivity index (χ1n) is 31.9. The zero-order chi connectivity index (χ0) is 63.7. The largest absolute Gasteiger partial charge is 0.458 e. The van der Waals surface area contributed by atoms with Crippen molar-refractivity contribution in [2.75, 3.05) is 0 Å². The number of hydrogen-bond acceptors (Lipinski definition) is 2. The van der Waals surface area contributed by atoms with E-state index in [-0.39, 0.29) is 50.0 Å². The first-order chi connectivity index (χ1) is 41.0. The summed E-state index contributed by atoms with van der Waals surface area (Å²) in [6.07, 6.45) is 5.02. The van der Waals surface area contributed by atoms with Crippen molar-refractivity contribution in [1.82, 2.24) is 14.1 Å². The molecular formula is C69H66N4O. The molecule has 0 aliphatic carbocycles. The van der Waals surface area contributed by atoms with E-state index in [4.69, 9.17) is 28.9 Å². The third kappa shape index (κ3) is 8.78. The van der Waals surface area contributed by atoms with E-state index in [1.807, 2.05) is 88.0 Å². The van der Waals surface area contributed by atoms with Gasteiger partial charge in [-0.25, -0.2) is 4.98 Å². The van der Waals surface area contributed by atoms with Gasteiger partial charge in [0.2, 0.25) is 0 Å². The molecule has 74 heavy (non-hydrogen) atoms. The van der Waals surface area contributed by atoms with Crippen LogP contribution in [-0.4, -0.2) is 14.1 Å². The van der Waals surface area contributed by atoms with Crippen LogP contribution in [0.2, 0.25) is 0 Å². The first kappa shape index (κ1) is 34.4. The summed E-state index contributed by atoms with van der Waals surface area (Å²) < 4.78 is 133. The number of pyridine rings is 1. The lowest BCUT2D eigenvalue weighted by atomic mass is 9.77. The standard InChI is InChI=1S/C69H66N4O/c1-44-21-18-22-45(2)65(44)49-31-34-61-63(37-49)71(43-72(61)66-57(48-25-19-26-50(36-48)67(4,5)6)38-51(68(7,8)9)39-59(66)69(10,11)12)52-27-20-28-53(40-52)74-54-32-33-56-55-29-16-17-30-60(55)73(62(56)41-54)64-35-46(3)58(42-70-64)47-23-14-13-15-24-47/h13-42H,1-12H3/i1D3,2D3,3D3,13D,14D,15D,23D,24D. The van der Waals surface area contributed by atoms with E-state index in [1.54, 1.807) is 6.07 Å². The molecule has 3 heterocycles. The molecule has 5 heteroatoms. The Morgan fingerprint density at radius 2 is 1.26 bits per heavy atom. The summed E-state index contributed by atoms with van der Waals surface area (Å²) in [7, 11) is 0. The number of imidazole rings is 1. The summed E-state index contributed by atoms with van der Waals surface area (Å²) in [6.45, 7) is 11.7. The highest BCUT2D eigenvalue weighted by atomic mass is 16.5. The predicted octanol–water partition coefficient (Wildman–Crippen LogP) is 17.8. The van der Waals surface area contributed by atoms with Crippen molar-refractivity contribution >= 4 is 32.8 Å². The maximum atomic E-state index is 8.69. The molecule has 0 fully saturated rings. The van der Waals surface area contributed by atoms with Crippen LogP contribution in [0, 0.1) is 26.9 Å². The van der Waals surface area contributed by atoms with Crippen molar-refractivity contribution in [2.45, 2.75) is 99.1 Å². The van der Waals surface area contributed by atoms with Gasteiger partial charge in [0.15, 0.2) is 0 Å². The van der Waals surface area contributed by atoms with Crippen molar-refractivity contribution in [1.29, 1.82) is 0 Å². The third-order valence-electron chi connectivity index (χ3n) is 13.9. The van der Waals surface area contributed by atoms with Crippen LogP contribution >= 0.6 is 0 Å². The second-order valence-electron chi connectivity index (χ2n) is 22.2. The smallest absolute Gasteiger partial charge is 0.269 e. The van der Waals surface area contributed by atoms with Crippen LogP contribution in [0.15, 0.2) is 182 Å². The normalized spacial score (nSPS) is 15.6. The molecule has 11 aromatic rings. The van der Waals surface area contributed by atoms with Gasteiger partial charge >= 0.3 is 0 Å². The van der Waals surface area contributed by atoms with Gasteiger partial charge in [0, 0.05) is 40.9 Å².